The molecule has 0 fully saturated rings. The third-order valence-electron chi connectivity index (χ3n) is 4.62. The van der Waals surface area contributed by atoms with E-state index in [9.17, 15) is 9.59 Å². The van der Waals surface area contributed by atoms with Gasteiger partial charge in [-0.25, -0.2) is 9.78 Å². The first-order valence-electron chi connectivity index (χ1n) is 8.53. The number of carbonyl (C=O) groups is 1. The fraction of sp³-hybridized carbons (Fsp3) is 0.611. The van der Waals surface area contributed by atoms with Crippen LogP contribution in [0.3, 0.4) is 0 Å². The highest BCUT2D eigenvalue weighted by Crippen LogP contribution is 2.36. The summed E-state index contributed by atoms with van der Waals surface area (Å²) in [5.41, 5.74) is -0.0567. The molecule has 0 N–H and O–H groups in total. The SMILES string of the molecule is CCOC(=O)C(C)(C)n1c(C(C)C)nc2sc3c(c2c1=O)CCC3. The lowest BCUT2D eigenvalue weighted by atomic mass is 10.0. The third-order valence-corrected chi connectivity index (χ3v) is 5.80. The minimum Gasteiger partial charge on any atom is -0.464 e. The van der Waals surface area contributed by atoms with Gasteiger partial charge in [-0.3, -0.25) is 9.36 Å². The lowest BCUT2D eigenvalue weighted by Crippen LogP contribution is -2.46. The summed E-state index contributed by atoms with van der Waals surface area (Å²) < 4.78 is 6.77. The van der Waals surface area contributed by atoms with E-state index in [0.29, 0.717) is 11.2 Å². The Bertz CT molecular complexity index is 861. The molecule has 130 valence electrons. The van der Waals surface area contributed by atoms with Crippen molar-refractivity contribution >= 4 is 27.5 Å². The monoisotopic (exact) mass is 348 g/mol. The smallest absolute Gasteiger partial charge is 0.331 e. The van der Waals surface area contributed by atoms with Crippen LogP contribution in [0.2, 0.25) is 0 Å². The Labute approximate surface area is 145 Å². The maximum Gasteiger partial charge on any atom is 0.331 e. The molecule has 0 amide bonds. The number of hydrogen-bond donors (Lipinski definition) is 0. The lowest BCUT2D eigenvalue weighted by Gasteiger charge is -2.28. The minimum absolute atomic E-state index is 0.0349. The van der Waals surface area contributed by atoms with Crippen LogP contribution in [0.25, 0.3) is 10.2 Å². The van der Waals surface area contributed by atoms with Crippen LogP contribution in [0.5, 0.6) is 0 Å². The van der Waals surface area contributed by atoms with Gasteiger partial charge in [-0.05, 0) is 45.6 Å². The summed E-state index contributed by atoms with van der Waals surface area (Å²) in [5.74, 6) is 0.278. The van der Waals surface area contributed by atoms with Gasteiger partial charge in [-0.15, -0.1) is 11.3 Å². The van der Waals surface area contributed by atoms with E-state index < -0.39 is 11.5 Å². The molecule has 0 atom stereocenters. The number of aryl methyl sites for hydroxylation is 2. The van der Waals surface area contributed by atoms with Crippen LogP contribution in [0.4, 0.5) is 0 Å². The molecule has 5 nitrogen and oxygen atoms in total. The predicted octanol–water partition coefficient (Wildman–Crippen LogP) is 3.37. The molecule has 3 rings (SSSR count). The summed E-state index contributed by atoms with van der Waals surface area (Å²) in [6.45, 7) is 9.51. The van der Waals surface area contributed by atoms with Gasteiger partial charge in [0, 0.05) is 10.8 Å². The van der Waals surface area contributed by atoms with Crippen molar-refractivity contribution < 1.29 is 9.53 Å². The van der Waals surface area contributed by atoms with Crippen LogP contribution in [0.1, 0.15) is 63.2 Å². The number of ether oxygens (including phenoxy) is 1. The zero-order chi connectivity index (χ0) is 17.6. The molecule has 1 aliphatic rings. The second kappa shape index (κ2) is 5.99. The van der Waals surface area contributed by atoms with Gasteiger partial charge >= 0.3 is 5.97 Å². The predicted molar refractivity (Wildman–Crippen MR) is 95.9 cm³/mol. The van der Waals surface area contributed by atoms with Crippen molar-refractivity contribution in [3.63, 3.8) is 0 Å². The average molecular weight is 348 g/mol. The van der Waals surface area contributed by atoms with Gasteiger partial charge in [-0.1, -0.05) is 13.8 Å². The first kappa shape index (κ1) is 17.1. The summed E-state index contributed by atoms with van der Waals surface area (Å²) in [4.78, 5) is 32.7. The molecule has 0 radical (unpaired) electrons. The molecule has 6 heteroatoms. The molecule has 2 aromatic rings. The second-order valence-electron chi connectivity index (χ2n) is 7.08. The van der Waals surface area contributed by atoms with Crippen molar-refractivity contribution in [1.29, 1.82) is 0 Å². The normalized spacial score (nSPS) is 14.4. The van der Waals surface area contributed by atoms with Crippen molar-refractivity contribution in [2.24, 2.45) is 0 Å². The highest BCUT2D eigenvalue weighted by atomic mass is 32.1. The minimum atomic E-state index is -1.08. The zero-order valence-corrected chi connectivity index (χ0v) is 15.7. The molecule has 0 bridgehead atoms. The van der Waals surface area contributed by atoms with Crippen molar-refractivity contribution in [1.82, 2.24) is 9.55 Å². The topological polar surface area (TPSA) is 61.2 Å². The number of aromatic nitrogens is 2. The molecule has 0 saturated heterocycles. The summed E-state index contributed by atoms with van der Waals surface area (Å²) in [7, 11) is 0. The third kappa shape index (κ3) is 2.48. The maximum atomic E-state index is 13.4. The van der Waals surface area contributed by atoms with Gasteiger partial charge in [0.25, 0.3) is 5.56 Å². The summed E-state index contributed by atoms with van der Waals surface area (Å²) in [6, 6.07) is 0. The molecular weight excluding hydrogens is 324 g/mol. The number of hydrogen-bond acceptors (Lipinski definition) is 5. The summed E-state index contributed by atoms with van der Waals surface area (Å²) >= 11 is 1.63. The van der Waals surface area contributed by atoms with E-state index in [1.807, 2.05) is 13.8 Å². The standard InChI is InChI=1S/C18H24N2O3S/c1-6-23-17(22)18(4,5)20-14(10(2)3)19-15-13(16(20)21)11-8-7-9-12(11)24-15/h10H,6-9H2,1-5H3. The molecular formula is C18H24N2O3S. The molecule has 24 heavy (non-hydrogen) atoms. The van der Waals surface area contributed by atoms with Gasteiger partial charge < -0.3 is 4.74 Å². The molecule has 0 saturated carbocycles. The lowest BCUT2D eigenvalue weighted by molar-refractivity contribution is -0.152. The first-order chi connectivity index (χ1) is 11.3. The van der Waals surface area contributed by atoms with Crippen molar-refractivity contribution in [2.75, 3.05) is 6.61 Å². The van der Waals surface area contributed by atoms with Crippen molar-refractivity contribution in [2.45, 2.75) is 65.3 Å². The largest absolute Gasteiger partial charge is 0.464 e. The van der Waals surface area contributed by atoms with Gasteiger partial charge in [0.05, 0.1) is 12.0 Å². The quantitative estimate of drug-likeness (QED) is 0.795. The van der Waals surface area contributed by atoms with E-state index in [-0.39, 0.29) is 18.1 Å². The summed E-state index contributed by atoms with van der Waals surface area (Å²) in [5, 5.41) is 0.703. The fourth-order valence-corrected chi connectivity index (χ4v) is 4.64. The van der Waals surface area contributed by atoms with Crippen LogP contribution in [-0.2, 0) is 27.9 Å². The van der Waals surface area contributed by atoms with Crippen molar-refractivity contribution in [3.8, 4) is 0 Å². The van der Waals surface area contributed by atoms with Gasteiger partial charge in [0.1, 0.15) is 16.2 Å². The van der Waals surface area contributed by atoms with Crippen LogP contribution in [0.15, 0.2) is 4.79 Å². The summed E-state index contributed by atoms with van der Waals surface area (Å²) in [6.07, 6.45) is 3.03. The van der Waals surface area contributed by atoms with E-state index in [2.05, 4.69) is 0 Å². The Hall–Kier alpha value is -1.69. The molecule has 0 unspecified atom stereocenters. The van der Waals surface area contributed by atoms with Gasteiger partial charge in [-0.2, -0.15) is 0 Å². The Kier molecular flexibility index (Phi) is 4.28. The second-order valence-corrected chi connectivity index (χ2v) is 8.17. The number of carbonyl (C=O) groups excluding carboxylic acids is 1. The number of thiophene rings is 1. The van der Waals surface area contributed by atoms with Crippen LogP contribution in [-0.4, -0.2) is 22.1 Å². The fourth-order valence-electron chi connectivity index (χ4n) is 3.39. The van der Waals surface area contributed by atoms with E-state index in [0.717, 1.165) is 29.7 Å². The van der Waals surface area contributed by atoms with E-state index in [1.165, 1.54) is 4.88 Å². The Morgan fingerprint density at radius 1 is 1.38 bits per heavy atom. The Balaban J connectivity index is 2.33. The number of rotatable bonds is 4. The van der Waals surface area contributed by atoms with Crippen LogP contribution in [0, 0.1) is 0 Å². The highest BCUT2D eigenvalue weighted by Gasteiger charge is 2.37. The maximum absolute atomic E-state index is 13.4. The molecule has 2 heterocycles. The number of fused-ring (bicyclic) bond motifs is 3. The van der Waals surface area contributed by atoms with E-state index in [1.54, 1.807) is 36.7 Å². The Morgan fingerprint density at radius 2 is 2.08 bits per heavy atom. The van der Waals surface area contributed by atoms with Crippen LogP contribution < -0.4 is 5.56 Å². The van der Waals surface area contributed by atoms with Gasteiger partial charge in [0.2, 0.25) is 0 Å². The number of nitrogens with zero attached hydrogens (tertiary/aromatic N) is 2. The first-order valence-corrected chi connectivity index (χ1v) is 9.35. The average Bonchev–Trinajstić information content (AvgIpc) is 3.06. The van der Waals surface area contributed by atoms with E-state index >= 15 is 0 Å². The Morgan fingerprint density at radius 3 is 2.71 bits per heavy atom. The van der Waals surface area contributed by atoms with Crippen LogP contribution >= 0.6 is 11.3 Å². The molecule has 0 aliphatic heterocycles. The highest BCUT2D eigenvalue weighted by molar-refractivity contribution is 7.18. The van der Waals surface area contributed by atoms with Gasteiger partial charge in [0.15, 0.2) is 0 Å². The molecule has 2 aromatic heterocycles. The van der Waals surface area contributed by atoms with Crippen molar-refractivity contribution in [3.05, 3.63) is 26.6 Å². The molecule has 0 spiro atoms. The van der Waals surface area contributed by atoms with E-state index in [4.69, 9.17) is 9.72 Å². The molecule has 1 aliphatic carbocycles. The molecule has 0 aromatic carbocycles. The number of esters is 1. The zero-order valence-electron chi connectivity index (χ0n) is 14.9.